The third kappa shape index (κ3) is 4.28. The van der Waals surface area contributed by atoms with E-state index in [1.807, 2.05) is 18.2 Å². The van der Waals surface area contributed by atoms with Gasteiger partial charge in [0, 0.05) is 24.5 Å². The summed E-state index contributed by atoms with van der Waals surface area (Å²) in [5.74, 6) is 0.253. The fourth-order valence-corrected chi connectivity index (χ4v) is 3.94. The number of aromatic nitrogens is 1. The van der Waals surface area contributed by atoms with Gasteiger partial charge in [0.05, 0.1) is 12.6 Å². The zero-order valence-electron chi connectivity index (χ0n) is 14.7. The molecule has 2 fully saturated rings. The number of amides is 2. The van der Waals surface area contributed by atoms with Gasteiger partial charge < -0.3 is 15.0 Å². The van der Waals surface area contributed by atoms with E-state index >= 15 is 0 Å². The largest absolute Gasteiger partial charge is 0.416 e. The summed E-state index contributed by atoms with van der Waals surface area (Å²) >= 11 is 0. The monoisotopic (exact) mass is 371 g/mol. The number of ether oxygens (including phenoxy) is 1. The van der Waals surface area contributed by atoms with Gasteiger partial charge in [-0.3, -0.25) is 4.98 Å². The standard InChI is InChI=1S/C18H24F3N3O2/c1-12-16(18(19,20)21)26-10-9-24(12)17(25)23-15-7-4-5-13(15)11-14-6-2-3-8-22-14/h2-3,6,8,12-13,15-16H,4-5,7,9-11H2,1H3,(H,23,25). The second-order valence-electron chi connectivity index (χ2n) is 7.04. The molecule has 2 aliphatic rings. The fourth-order valence-electron chi connectivity index (χ4n) is 3.94. The van der Waals surface area contributed by atoms with Crippen LogP contribution in [-0.2, 0) is 11.2 Å². The highest BCUT2D eigenvalue weighted by molar-refractivity contribution is 5.75. The normalized spacial score (nSPS) is 29.6. The van der Waals surface area contributed by atoms with Gasteiger partial charge in [-0.15, -0.1) is 0 Å². The van der Waals surface area contributed by atoms with Gasteiger partial charge in [0.15, 0.2) is 6.10 Å². The predicted octanol–water partition coefficient (Wildman–Crippen LogP) is 3.15. The summed E-state index contributed by atoms with van der Waals surface area (Å²) in [6.45, 7) is 1.44. The zero-order chi connectivity index (χ0) is 18.7. The summed E-state index contributed by atoms with van der Waals surface area (Å²) < 4.78 is 44.0. The van der Waals surface area contributed by atoms with E-state index in [4.69, 9.17) is 4.74 Å². The average Bonchev–Trinajstić information content (AvgIpc) is 3.01. The first-order valence-corrected chi connectivity index (χ1v) is 9.01. The molecule has 1 saturated carbocycles. The maximum Gasteiger partial charge on any atom is 0.416 e. The lowest BCUT2D eigenvalue weighted by molar-refractivity contribution is -0.246. The van der Waals surface area contributed by atoms with Crippen molar-refractivity contribution in [3.05, 3.63) is 30.1 Å². The Morgan fingerprint density at radius 2 is 2.19 bits per heavy atom. The highest BCUT2D eigenvalue weighted by atomic mass is 19.4. The molecule has 4 atom stereocenters. The van der Waals surface area contributed by atoms with Gasteiger partial charge in [0.25, 0.3) is 0 Å². The Labute approximate surface area is 150 Å². The Kier molecular flexibility index (Phi) is 5.70. The van der Waals surface area contributed by atoms with Crippen molar-refractivity contribution in [3.63, 3.8) is 0 Å². The van der Waals surface area contributed by atoms with Gasteiger partial charge >= 0.3 is 12.2 Å². The molecule has 4 unspecified atom stereocenters. The Balaban J connectivity index is 1.61. The molecule has 1 aromatic heterocycles. The van der Waals surface area contributed by atoms with E-state index in [9.17, 15) is 18.0 Å². The number of nitrogens with zero attached hydrogens (tertiary/aromatic N) is 2. The summed E-state index contributed by atoms with van der Waals surface area (Å²) in [7, 11) is 0. The fraction of sp³-hybridized carbons (Fsp3) is 0.667. The number of hydrogen-bond acceptors (Lipinski definition) is 3. The SMILES string of the molecule is CC1C(C(F)(F)F)OCCN1C(=O)NC1CCCC1Cc1ccccn1. The molecule has 1 saturated heterocycles. The molecule has 0 spiro atoms. The lowest BCUT2D eigenvalue weighted by Crippen LogP contribution is -2.60. The summed E-state index contributed by atoms with van der Waals surface area (Å²) in [4.78, 5) is 18.2. The van der Waals surface area contributed by atoms with Crippen molar-refractivity contribution < 1.29 is 22.7 Å². The van der Waals surface area contributed by atoms with E-state index in [2.05, 4.69) is 10.3 Å². The van der Waals surface area contributed by atoms with E-state index in [1.165, 1.54) is 11.8 Å². The van der Waals surface area contributed by atoms with Crippen LogP contribution in [-0.4, -0.2) is 53.4 Å². The van der Waals surface area contributed by atoms with Crippen LogP contribution in [0, 0.1) is 5.92 Å². The summed E-state index contributed by atoms with van der Waals surface area (Å²) in [5.41, 5.74) is 0.968. The molecule has 0 radical (unpaired) electrons. The molecule has 144 valence electrons. The van der Waals surface area contributed by atoms with Crippen molar-refractivity contribution in [2.24, 2.45) is 5.92 Å². The quantitative estimate of drug-likeness (QED) is 0.888. The minimum atomic E-state index is -4.48. The molecule has 2 heterocycles. The predicted molar refractivity (Wildman–Crippen MR) is 89.6 cm³/mol. The molecule has 3 rings (SSSR count). The first-order valence-electron chi connectivity index (χ1n) is 9.01. The molecule has 0 bridgehead atoms. The van der Waals surface area contributed by atoms with Crippen molar-refractivity contribution in [3.8, 4) is 0 Å². The van der Waals surface area contributed by atoms with Crippen LogP contribution in [0.3, 0.4) is 0 Å². The van der Waals surface area contributed by atoms with Crippen LogP contribution in [0.25, 0.3) is 0 Å². The number of halogens is 3. The number of rotatable bonds is 3. The molecular formula is C18H24F3N3O2. The van der Waals surface area contributed by atoms with Crippen LogP contribution in [0.2, 0.25) is 0 Å². The number of urea groups is 1. The topological polar surface area (TPSA) is 54.5 Å². The second-order valence-corrected chi connectivity index (χ2v) is 7.04. The first-order chi connectivity index (χ1) is 12.4. The molecule has 5 nitrogen and oxygen atoms in total. The number of carbonyl (C=O) groups excluding carboxylic acids is 1. The zero-order valence-corrected chi connectivity index (χ0v) is 14.7. The number of morpholine rings is 1. The van der Waals surface area contributed by atoms with Crippen molar-refractivity contribution >= 4 is 6.03 Å². The van der Waals surface area contributed by atoms with Crippen molar-refractivity contribution in [2.45, 2.75) is 57.0 Å². The van der Waals surface area contributed by atoms with E-state index < -0.39 is 24.4 Å². The van der Waals surface area contributed by atoms with Gasteiger partial charge in [-0.1, -0.05) is 12.5 Å². The van der Waals surface area contributed by atoms with E-state index in [1.54, 1.807) is 6.20 Å². The number of hydrogen-bond donors (Lipinski definition) is 1. The maximum atomic E-state index is 13.0. The highest BCUT2D eigenvalue weighted by Crippen LogP contribution is 2.31. The third-order valence-electron chi connectivity index (χ3n) is 5.31. The lowest BCUT2D eigenvalue weighted by Gasteiger charge is -2.40. The summed E-state index contributed by atoms with van der Waals surface area (Å²) in [6.07, 6.45) is -1.11. The highest BCUT2D eigenvalue weighted by Gasteiger charge is 2.49. The average molecular weight is 371 g/mol. The third-order valence-corrected chi connectivity index (χ3v) is 5.31. The molecule has 1 aromatic rings. The molecule has 1 aliphatic carbocycles. The van der Waals surface area contributed by atoms with Crippen LogP contribution >= 0.6 is 0 Å². The first kappa shape index (κ1) is 18.9. The molecular weight excluding hydrogens is 347 g/mol. The Morgan fingerprint density at radius 3 is 2.88 bits per heavy atom. The maximum absolute atomic E-state index is 13.0. The Hall–Kier alpha value is -1.83. The molecule has 1 aliphatic heterocycles. The van der Waals surface area contributed by atoms with Gasteiger partial charge in [-0.05, 0) is 44.2 Å². The summed E-state index contributed by atoms with van der Waals surface area (Å²) in [6, 6.07) is 4.22. The minimum Gasteiger partial charge on any atom is -0.365 e. The number of nitrogens with one attached hydrogen (secondary N) is 1. The van der Waals surface area contributed by atoms with E-state index in [-0.39, 0.29) is 25.1 Å². The number of alkyl halides is 3. The van der Waals surface area contributed by atoms with E-state index in [0.29, 0.717) is 0 Å². The smallest absolute Gasteiger partial charge is 0.365 e. The van der Waals surface area contributed by atoms with Crippen LogP contribution in [0.1, 0.15) is 31.9 Å². The Bertz CT molecular complexity index is 611. The Morgan fingerprint density at radius 1 is 1.38 bits per heavy atom. The lowest BCUT2D eigenvalue weighted by atomic mass is 9.97. The van der Waals surface area contributed by atoms with Gasteiger partial charge in [-0.25, -0.2) is 4.79 Å². The molecule has 2 amide bonds. The molecule has 8 heteroatoms. The van der Waals surface area contributed by atoms with Crippen LogP contribution < -0.4 is 5.32 Å². The molecule has 26 heavy (non-hydrogen) atoms. The van der Waals surface area contributed by atoms with Crippen molar-refractivity contribution in [2.75, 3.05) is 13.2 Å². The number of pyridine rings is 1. The van der Waals surface area contributed by atoms with Crippen molar-refractivity contribution in [1.29, 1.82) is 0 Å². The van der Waals surface area contributed by atoms with E-state index in [0.717, 1.165) is 31.4 Å². The van der Waals surface area contributed by atoms with Crippen LogP contribution in [0.5, 0.6) is 0 Å². The second kappa shape index (κ2) is 7.82. The summed E-state index contributed by atoms with van der Waals surface area (Å²) in [5, 5.41) is 2.96. The van der Waals surface area contributed by atoms with Crippen LogP contribution in [0.15, 0.2) is 24.4 Å². The van der Waals surface area contributed by atoms with Crippen molar-refractivity contribution in [1.82, 2.24) is 15.2 Å². The molecule has 0 aromatic carbocycles. The van der Waals surface area contributed by atoms with Gasteiger partial charge in [0.1, 0.15) is 0 Å². The number of carbonyl (C=O) groups is 1. The minimum absolute atomic E-state index is 0.0381. The van der Waals surface area contributed by atoms with Gasteiger partial charge in [0.2, 0.25) is 0 Å². The van der Waals surface area contributed by atoms with Gasteiger partial charge in [-0.2, -0.15) is 13.2 Å². The van der Waals surface area contributed by atoms with Crippen LogP contribution in [0.4, 0.5) is 18.0 Å². The molecule has 1 N–H and O–H groups in total.